The fourth-order valence-electron chi connectivity index (χ4n) is 4.48. The molecular formula is C21H22Cl2N2O3S. The van der Waals surface area contributed by atoms with Crippen molar-refractivity contribution in [3.8, 4) is 0 Å². The third kappa shape index (κ3) is 4.25. The van der Waals surface area contributed by atoms with Gasteiger partial charge in [0.05, 0.1) is 20.6 Å². The molecule has 2 aliphatic carbocycles. The lowest BCUT2D eigenvalue weighted by Crippen LogP contribution is -2.46. The van der Waals surface area contributed by atoms with Gasteiger partial charge in [-0.1, -0.05) is 47.8 Å². The third-order valence-electron chi connectivity index (χ3n) is 5.89. The lowest BCUT2D eigenvalue weighted by molar-refractivity contribution is -0.120. The molecule has 5 nitrogen and oxygen atoms in total. The van der Waals surface area contributed by atoms with Crippen LogP contribution in [-0.4, -0.2) is 26.9 Å². The summed E-state index contributed by atoms with van der Waals surface area (Å²) in [5, 5.41) is 3.60. The van der Waals surface area contributed by atoms with Gasteiger partial charge in [0, 0.05) is 6.04 Å². The minimum absolute atomic E-state index is 0.110. The zero-order chi connectivity index (χ0) is 20.6. The van der Waals surface area contributed by atoms with E-state index >= 15 is 0 Å². The molecule has 4 rings (SSSR count). The fourth-order valence-corrected chi connectivity index (χ4v) is 6.21. The second-order valence-electron chi connectivity index (χ2n) is 7.77. The SMILES string of the molecule is O=C(CN(c1ccc(Cl)c(Cl)c1)S(=O)(=O)c1ccccc1)N[C@H]1C[C@@H]2CC[C@@H]1C2. The van der Waals surface area contributed by atoms with Crippen LogP contribution in [0.2, 0.25) is 10.0 Å². The largest absolute Gasteiger partial charge is 0.352 e. The van der Waals surface area contributed by atoms with Crippen LogP contribution in [0.4, 0.5) is 5.69 Å². The Morgan fingerprint density at radius 3 is 2.41 bits per heavy atom. The number of sulfonamides is 1. The van der Waals surface area contributed by atoms with Gasteiger partial charge in [0.2, 0.25) is 5.91 Å². The van der Waals surface area contributed by atoms with E-state index in [2.05, 4.69) is 5.32 Å². The fraction of sp³-hybridized carbons (Fsp3) is 0.381. The number of amides is 1. The van der Waals surface area contributed by atoms with Gasteiger partial charge in [0.1, 0.15) is 6.54 Å². The van der Waals surface area contributed by atoms with Crippen molar-refractivity contribution < 1.29 is 13.2 Å². The minimum atomic E-state index is -3.95. The van der Waals surface area contributed by atoms with E-state index in [1.807, 2.05) is 0 Å². The molecule has 1 N–H and O–H groups in total. The highest BCUT2D eigenvalue weighted by Gasteiger charge is 2.40. The summed E-state index contributed by atoms with van der Waals surface area (Å²) < 4.78 is 27.7. The zero-order valence-corrected chi connectivity index (χ0v) is 18.1. The minimum Gasteiger partial charge on any atom is -0.352 e. The number of fused-ring (bicyclic) bond motifs is 2. The van der Waals surface area contributed by atoms with E-state index < -0.39 is 10.0 Å². The Kier molecular flexibility index (Phi) is 5.78. The number of hydrogen-bond acceptors (Lipinski definition) is 3. The van der Waals surface area contributed by atoms with Crippen LogP contribution in [0.5, 0.6) is 0 Å². The highest BCUT2D eigenvalue weighted by Crippen LogP contribution is 2.44. The summed E-state index contributed by atoms with van der Waals surface area (Å²) in [6.45, 7) is -0.316. The average molecular weight is 453 g/mol. The first-order valence-corrected chi connectivity index (χ1v) is 11.9. The average Bonchev–Trinajstić information content (AvgIpc) is 3.32. The topological polar surface area (TPSA) is 66.5 Å². The normalized spacial score (nSPS) is 23.2. The lowest BCUT2D eigenvalue weighted by Gasteiger charge is -2.27. The summed E-state index contributed by atoms with van der Waals surface area (Å²) in [6, 6.07) is 12.7. The van der Waals surface area contributed by atoms with Crippen molar-refractivity contribution in [3.63, 3.8) is 0 Å². The van der Waals surface area contributed by atoms with Gasteiger partial charge in [-0.2, -0.15) is 0 Å². The van der Waals surface area contributed by atoms with E-state index in [9.17, 15) is 13.2 Å². The molecule has 154 valence electrons. The number of hydrogen-bond donors (Lipinski definition) is 1. The number of carbonyl (C=O) groups excluding carboxylic acids is 1. The zero-order valence-electron chi connectivity index (χ0n) is 15.7. The second-order valence-corrected chi connectivity index (χ2v) is 10.4. The van der Waals surface area contributed by atoms with E-state index in [0.717, 1.165) is 23.6 Å². The Morgan fingerprint density at radius 1 is 1.03 bits per heavy atom. The lowest BCUT2D eigenvalue weighted by atomic mass is 9.95. The Hall–Kier alpha value is -1.76. The number of nitrogens with one attached hydrogen (secondary N) is 1. The quantitative estimate of drug-likeness (QED) is 0.701. The standard InChI is InChI=1S/C21H22Cl2N2O3S/c22-18-9-8-16(12-19(18)23)25(29(27,28)17-4-2-1-3-5-17)13-21(26)24-20-11-14-6-7-15(20)10-14/h1-5,8-9,12,14-15,20H,6-7,10-11,13H2,(H,24,26)/t14-,15-,20+/m1/s1. The van der Waals surface area contributed by atoms with E-state index in [0.29, 0.717) is 22.5 Å². The Labute approximate surface area is 181 Å². The van der Waals surface area contributed by atoms with Gasteiger partial charge in [-0.25, -0.2) is 8.42 Å². The maximum Gasteiger partial charge on any atom is 0.264 e. The Bertz CT molecular complexity index is 1010. The molecule has 1 amide bonds. The molecule has 2 aromatic rings. The van der Waals surface area contributed by atoms with Crippen LogP contribution in [0.3, 0.4) is 0 Å². The Balaban J connectivity index is 1.61. The van der Waals surface area contributed by atoms with Crippen LogP contribution in [0.25, 0.3) is 0 Å². The molecule has 8 heteroatoms. The van der Waals surface area contributed by atoms with Gasteiger partial charge in [-0.3, -0.25) is 9.10 Å². The third-order valence-corrected chi connectivity index (χ3v) is 8.42. The van der Waals surface area contributed by atoms with Crippen molar-refractivity contribution >= 4 is 44.8 Å². The van der Waals surface area contributed by atoms with Gasteiger partial charge in [0.25, 0.3) is 10.0 Å². The molecule has 2 fully saturated rings. The van der Waals surface area contributed by atoms with Gasteiger partial charge in [-0.05, 0) is 61.4 Å². The second kappa shape index (κ2) is 8.17. The molecular weight excluding hydrogens is 431 g/mol. The summed E-state index contributed by atoms with van der Waals surface area (Å²) in [7, 11) is -3.95. The highest BCUT2D eigenvalue weighted by molar-refractivity contribution is 7.92. The Morgan fingerprint density at radius 2 is 1.79 bits per heavy atom. The molecule has 0 aliphatic heterocycles. The number of halogens is 2. The molecule has 3 atom stereocenters. The van der Waals surface area contributed by atoms with Crippen molar-refractivity contribution in [2.75, 3.05) is 10.8 Å². The van der Waals surface area contributed by atoms with Gasteiger partial charge in [0.15, 0.2) is 0 Å². The van der Waals surface area contributed by atoms with Crippen LogP contribution in [0, 0.1) is 11.8 Å². The van der Waals surface area contributed by atoms with Crippen LogP contribution in [-0.2, 0) is 14.8 Å². The maximum atomic E-state index is 13.3. The number of anilines is 1. The van der Waals surface area contributed by atoms with Crippen LogP contribution in [0.1, 0.15) is 25.7 Å². The summed E-state index contributed by atoms with van der Waals surface area (Å²) in [6.07, 6.45) is 4.50. The van der Waals surface area contributed by atoms with Gasteiger partial charge < -0.3 is 5.32 Å². The monoisotopic (exact) mass is 452 g/mol. The van der Waals surface area contributed by atoms with E-state index in [-0.39, 0.29) is 28.4 Å². The summed E-state index contributed by atoms with van der Waals surface area (Å²) >= 11 is 12.1. The van der Waals surface area contributed by atoms with E-state index in [1.165, 1.54) is 30.7 Å². The molecule has 2 bridgehead atoms. The van der Waals surface area contributed by atoms with E-state index in [4.69, 9.17) is 23.2 Å². The summed E-state index contributed by atoms with van der Waals surface area (Å²) in [5.74, 6) is 0.880. The van der Waals surface area contributed by atoms with Gasteiger partial charge >= 0.3 is 0 Å². The predicted molar refractivity (Wildman–Crippen MR) is 115 cm³/mol. The number of nitrogens with zero attached hydrogens (tertiary/aromatic N) is 1. The number of carbonyl (C=O) groups is 1. The maximum absolute atomic E-state index is 13.3. The van der Waals surface area contributed by atoms with Crippen LogP contribution >= 0.6 is 23.2 Å². The molecule has 2 aliphatic rings. The van der Waals surface area contributed by atoms with E-state index in [1.54, 1.807) is 24.3 Å². The number of benzene rings is 2. The van der Waals surface area contributed by atoms with Crippen molar-refractivity contribution in [2.45, 2.75) is 36.6 Å². The first kappa shape index (κ1) is 20.5. The van der Waals surface area contributed by atoms with Gasteiger partial charge in [-0.15, -0.1) is 0 Å². The highest BCUT2D eigenvalue weighted by atomic mass is 35.5. The van der Waals surface area contributed by atoms with Crippen molar-refractivity contribution in [1.29, 1.82) is 0 Å². The van der Waals surface area contributed by atoms with Crippen LogP contribution < -0.4 is 9.62 Å². The molecule has 29 heavy (non-hydrogen) atoms. The van der Waals surface area contributed by atoms with Crippen molar-refractivity contribution in [3.05, 3.63) is 58.6 Å². The first-order chi connectivity index (χ1) is 13.8. The van der Waals surface area contributed by atoms with Crippen LogP contribution in [0.15, 0.2) is 53.4 Å². The molecule has 0 spiro atoms. The molecule has 2 aromatic carbocycles. The molecule has 2 saturated carbocycles. The molecule has 0 unspecified atom stereocenters. The van der Waals surface area contributed by atoms with Crippen molar-refractivity contribution in [1.82, 2.24) is 5.32 Å². The smallest absolute Gasteiger partial charge is 0.264 e. The van der Waals surface area contributed by atoms with Crippen molar-refractivity contribution in [2.24, 2.45) is 11.8 Å². The predicted octanol–water partition coefficient (Wildman–Crippen LogP) is 4.49. The summed E-state index contributed by atoms with van der Waals surface area (Å²) in [4.78, 5) is 12.9. The molecule has 0 radical (unpaired) electrons. The molecule has 0 heterocycles. The summed E-state index contributed by atoms with van der Waals surface area (Å²) in [5.41, 5.74) is 0.298. The first-order valence-electron chi connectivity index (χ1n) is 9.67. The molecule has 0 saturated heterocycles. The number of rotatable bonds is 6. The molecule has 0 aromatic heterocycles.